The van der Waals surface area contributed by atoms with Gasteiger partial charge in [0.1, 0.15) is 18.3 Å². The van der Waals surface area contributed by atoms with Crippen LogP contribution in [0.15, 0.2) is 48.5 Å². The van der Waals surface area contributed by atoms with Gasteiger partial charge in [-0.05, 0) is 36.6 Å². The summed E-state index contributed by atoms with van der Waals surface area (Å²) < 4.78 is 31.3. The second-order valence-electron chi connectivity index (χ2n) is 8.48. The maximum atomic E-state index is 13.6. The van der Waals surface area contributed by atoms with E-state index in [1.807, 2.05) is 6.92 Å². The van der Waals surface area contributed by atoms with Crippen molar-refractivity contribution in [3.8, 4) is 5.75 Å². The predicted octanol–water partition coefficient (Wildman–Crippen LogP) is 3.09. The number of unbranched alkanes of at least 4 members (excludes halogenated alkanes) is 1. The minimum absolute atomic E-state index is 0.0186. The smallest absolute Gasteiger partial charge is 0.271 e. The van der Waals surface area contributed by atoms with E-state index in [4.69, 9.17) is 4.74 Å². The molecule has 12 heteroatoms. The number of nitro benzene ring substituents is 1. The zero-order valence-corrected chi connectivity index (χ0v) is 22.4. The van der Waals surface area contributed by atoms with E-state index in [2.05, 4.69) is 5.32 Å². The third-order valence-electron chi connectivity index (χ3n) is 5.74. The molecule has 2 aromatic rings. The van der Waals surface area contributed by atoms with Crippen molar-refractivity contribution >= 4 is 33.2 Å². The van der Waals surface area contributed by atoms with Crippen LogP contribution in [0, 0.1) is 10.1 Å². The number of carbonyl (C=O) groups excluding carboxylic acids is 2. The number of carbonyl (C=O) groups is 2. The highest BCUT2D eigenvalue weighted by Gasteiger charge is 2.32. The first-order valence-corrected chi connectivity index (χ1v) is 13.8. The van der Waals surface area contributed by atoms with Crippen LogP contribution < -0.4 is 14.4 Å². The van der Waals surface area contributed by atoms with Crippen molar-refractivity contribution in [3.63, 3.8) is 0 Å². The maximum absolute atomic E-state index is 13.6. The fourth-order valence-electron chi connectivity index (χ4n) is 3.73. The maximum Gasteiger partial charge on any atom is 0.271 e. The number of sulfonamides is 1. The second kappa shape index (κ2) is 13.6. The molecule has 2 amide bonds. The van der Waals surface area contributed by atoms with Gasteiger partial charge in [0.15, 0.2) is 0 Å². The van der Waals surface area contributed by atoms with Gasteiger partial charge in [0.25, 0.3) is 5.69 Å². The van der Waals surface area contributed by atoms with Crippen LogP contribution in [0.2, 0.25) is 0 Å². The van der Waals surface area contributed by atoms with Gasteiger partial charge in [0.2, 0.25) is 21.8 Å². The van der Waals surface area contributed by atoms with E-state index in [-0.39, 0.29) is 23.8 Å². The monoisotopic (exact) mass is 534 g/mol. The molecule has 0 spiro atoms. The summed E-state index contributed by atoms with van der Waals surface area (Å²) in [7, 11) is -2.46. The average molecular weight is 535 g/mol. The van der Waals surface area contributed by atoms with Crippen LogP contribution in [-0.4, -0.2) is 62.6 Å². The van der Waals surface area contributed by atoms with E-state index in [1.54, 1.807) is 31.2 Å². The Bertz CT molecular complexity index is 1190. The van der Waals surface area contributed by atoms with Crippen molar-refractivity contribution in [1.82, 2.24) is 10.2 Å². The molecule has 0 aliphatic heterocycles. The van der Waals surface area contributed by atoms with Gasteiger partial charge < -0.3 is 15.0 Å². The van der Waals surface area contributed by atoms with E-state index >= 15 is 0 Å². The fraction of sp³-hybridized carbons (Fsp3) is 0.440. The van der Waals surface area contributed by atoms with E-state index in [1.165, 1.54) is 30.2 Å². The molecule has 1 unspecified atom stereocenters. The summed E-state index contributed by atoms with van der Waals surface area (Å²) in [4.78, 5) is 38.6. The minimum Gasteiger partial charge on any atom is -0.497 e. The Morgan fingerprint density at radius 1 is 1.14 bits per heavy atom. The van der Waals surface area contributed by atoms with Crippen LogP contribution in [0.1, 0.15) is 38.7 Å². The van der Waals surface area contributed by atoms with Gasteiger partial charge in [0.05, 0.1) is 24.0 Å². The second-order valence-corrected chi connectivity index (χ2v) is 10.4. The number of anilines is 1. The summed E-state index contributed by atoms with van der Waals surface area (Å²) in [5.41, 5.74) is 0.389. The number of nitro groups is 1. The lowest BCUT2D eigenvalue weighted by Gasteiger charge is -2.32. The lowest BCUT2D eigenvalue weighted by Crippen LogP contribution is -2.52. The highest BCUT2D eigenvalue weighted by atomic mass is 32.2. The Balaban J connectivity index is 2.43. The van der Waals surface area contributed by atoms with E-state index in [0.29, 0.717) is 18.7 Å². The first-order valence-electron chi connectivity index (χ1n) is 11.9. The lowest BCUT2D eigenvalue weighted by molar-refractivity contribution is -0.384. The van der Waals surface area contributed by atoms with E-state index in [9.17, 15) is 28.1 Å². The number of hydrogen-bond donors (Lipinski definition) is 1. The number of nitrogens with one attached hydrogen (secondary N) is 1. The molecule has 37 heavy (non-hydrogen) atoms. The number of methoxy groups -OCH3 is 1. The van der Waals surface area contributed by atoms with Crippen molar-refractivity contribution in [1.29, 1.82) is 0 Å². The molecule has 0 heterocycles. The molecule has 0 radical (unpaired) electrons. The third-order valence-corrected chi connectivity index (χ3v) is 6.88. The fourth-order valence-corrected chi connectivity index (χ4v) is 4.57. The van der Waals surface area contributed by atoms with Crippen molar-refractivity contribution in [2.45, 2.75) is 45.7 Å². The summed E-state index contributed by atoms with van der Waals surface area (Å²) in [6.45, 7) is 3.65. The highest BCUT2D eigenvalue weighted by molar-refractivity contribution is 7.92. The van der Waals surface area contributed by atoms with Crippen LogP contribution in [0.4, 0.5) is 11.4 Å². The van der Waals surface area contributed by atoms with Gasteiger partial charge in [0, 0.05) is 25.2 Å². The van der Waals surface area contributed by atoms with Crippen LogP contribution in [-0.2, 0) is 26.2 Å². The minimum atomic E-state index is -3.99. The summed E-state index contributed by atoms with van der Waals surface area (Å²) in [6.07, 6.45) is 2.89. The summed E-state index contributed by atoms with van der Waals surface area (Å²) in [5, 5.41) is 14.1. The van der Waals surface area contributed by atoms with Crippen molar-refractivity contribution in [2.24, 2.45) is 0 Å². The molecule has 0 aromatic heterocycles. The molecule has 1 N–H and O–H groups in total. The van der Waals surface area contributed by atoms with Crippen LogP contribution in [0.5, 0.6) is 5.75 Å². The number of benzene rings is 2. The number of amides is 2. The normalized spacial score (nSPS) is 11.9. The van der Waals surface area contributed by atoms with Gasteiger partial charge in [-0.2, -0.15) is 0 Å². The average Bonchev–Trinajstić information content (AvgIpc) is 2.86. The third kappa shape index (κ3) is 8.45. The molecular weight excluding hydrogens is 500 g/mol. The highest BCUT2D eigenvalue weighted by Crippen LogP contribution is 2.24. The number of hydrogen-bond acceptors (Lipinski definition) is 7. The molecule has 2 aromatic carbocycles. The van der Waals surface area contributed by atoms with Gasteiger partial charge in [-0.15, -0.1) is 0 Å². The van der Waals surface area contributed by atoms with Crippen molar-refractivity contribution in [2.75, 3.05) is 30.8 Å². The van der Waals surface area contributed by atoms with Crippen molar-refractivity contribution < 1.29 is 27.7 Å². The predicted molar refractivity (Wildman–Crippen MR) is 141 cm³/mol. The number of ether oxygens (including phenoxy) is 1. The molecule has 0 saturated heterocycles. The Hall–Kier alpha value is -3.67. The Morgan fingerprint density at radius 3 is 2.35 bits per heavy atom. The Kier molecular flexibility index (Phi) is 10.9. The zero-order chi connectivity index (χ0) is 27.6. The molecule has 0 saturated carbocycles. The molecule has 11 nitrogen and oxygen atoms in total. The van der Waals surface area contributed by atoms with E-state index in [0.717, 1.165) is 35.0 Å². The largest absolute Gasteiger partial charge is 0.497 e. The van der Waals surface area contributed by atoms with Crippen LogP contribution in [0.25, 0.3) is 0 Å². The molecule has 1 atom stereocenters. The summed E-state index contributed by atoms with van der Waals surface area (Å²) in [6, 6.07) is 11.2. The molecular formula is C25H34N4O7S. The first kappa shape index (κ1) is 29.6. The van der Waals surface area contributed by atoms with Gasteiger partial charge in [-0.3, -0.25) is 24.0 Å². The Morgan fingerprint density at radius 2 is 1.81 bits per heavy atom. The van der Waals surface area contributed by atoms with Crippen molar-refractivity contribution in [3.05, 3.63) is 64.2 Å². The van der Waals surface area contributed by atoms with Crippen LogP contribution >= 0.6 is 0 Å². The molecule has 0 aliphatic rings. The van der Waals surface area contributed by atoms with Gasteiger partial charge >= 0.3 is 0 Å². The number of non-ortho nitro benzene ring substituents is 1. The lowest BCUT2D eigenvalue weighted by atomic mass is 10.1. The topological polar surface area (TPSA) is 139 Å². The summed E-state index contributed by atoms with van der Waals surface area (Å²) in [5.74, 6) is -0.329. The number of nitrogens with zero attached hydrogens (tertiary/aromatic N) is 3. The SMILES string of the molecule is CCCCNC(=O)C(CC)N(Cc1ccc(OC)cc1)C(=O)CN(c1cccc([N+](=O)[O-])c1)S(C)(=O)=O. The summed E-state index contributed by atoms with van der Waals surface area (Å²) >= 11 is 0. The molecule has 202 valence electrons. The van der Waals surface area contributed by atoms with E-state index < -0.39 is 33.4 Å². The first-order chi connectivity index (χ1) is 17.5. The zero-order valence-electron chi connectivity index (χ0n) is 21.5. The van der Waals surface area contributed by atoms with Crippen LogP contribution in [0.3, 0.4) is 0 Å². The standard InChI is InChI=1S/C25H34N4O7S/c1-5-7-15-26-25(31)23(6-2)27(17-19-11-13-22(36-3)14-12-19)24(30)18-28(37(4,34)35)20-9-8-10-21(16-20)29(32)33/h8-14,16,23H,5-7,15,17-18H2,1-4H3,(H,26,31). The van der Waals surface area contributed by atoms with Gasteiger partial charge in [-0.25, -0.2) is 8.42 Å². The quantitative estimate of drug-likeness (QED) is 0.223. The molecule has 0 aliphatic carbocycles. The number of rotatable bonds is 14. The Labute approximate surface area is 217 Å². The van der Waals surface area contributed by atoms with Gasteiger partial charge in [-0.1, -0.05) is 38.5 Å². The molecule has 0 fully saturated rings. The molecule has 0 bridgehead atoms. The molecule has 2 rings (SSSR count).